The molecule has 0 bridgehead atoms. The van der Waals surface area contributed by atoms with Gasteiger partial charge in [-0.25, -0.2) is 4.99 Å². The van der Waals surface area contributed by atoms with E-state index in [0.29, 0.717) is 11.5 Å². The third-order valence-corrected chi connectivity index (χ3v) is 3.96. The third-order valence-electron chi connectivity index (χ3n) is 3.96. The van der Waals surface area contributed by atoms with Crippen LogP contribution in [0.3, 0.4) is 0 Å². The monoisotopic (exact) mass is 397 g/mol. The number of hydrogen-bond donors (Lipinski definition) is 2. The van der Waals surface area contributed by atoms with E-state index in [1.165, 1.54) is 33.5 Å². The lowest BCUT2D eigenvalue weighted by Crippen LogP contribution is -2.31. The number of ether oxygens (including phenoxy) is 3. The molecule has 28 heavy (non-hydrogen) atoms. The minimum atomic E-state index is -4.50. The van der Waals surface area contributed by atoms with Crippen molar-refractivity contribution in [2.75, 3.05) is 21.3 Å². The number of alkyl halides is 3. The summed E-state index contributed by atoms with van der Waals surface area (Å²) in [6.07, 6.45) is -4.50. The van der Waals surface area contributed by atoms with Gasteiger partial charge in [-0.05, 0) is 35.4 Å². The van der Waals surface area contributed by atoms with Crippen LogP contribution in [0.4, 0.5) is 13.2 Å². The van der Waals surface area contributed by atoms with Crippen molar-refractivity contribution < 1.29 is 27.4 Å². The Hall–Kier alpha value is -3.10. The summed E-state index contributed by atoms with van der Waals surface area (Å²) in [6.45, 7) is 0.105. The molecule has 0 saturated carbocycles. The smallest absolute Gasteiger partial charge is 0.416 e. The second-order valence-corrected chi connectivity index (χ2v) is 5.77. The second kappa shape index (κ2) is 9.20. The van der Waals surface area contributed by atoms with Crippen LogP contribution in [0.15, 0.2) is 41.4 Å². The molecule has 0 radical (unpaired) electrons. The summed E-state index contributed by atoms with van der Waals surface area (Å²) in [5.74, 6) is 1.29. The molecule has 0 saturated heterocycles. The fourth-order valence-electron chi connectivity index (χ4n) is 2.50. The quantitative estimate of drug-likeness (QED) is 0.554. The second-order valence-electron chi connectivity index (χ2n) is 5.77. The Balaban J connectivity index is 2.07. The number of nitrogens with two attached hydrogens (primary N) is 1. The van der Waals surface area contributed by atoms with Crippen LogP contribution in [0.25, 0.3) is 0 Å². The van der Waals surface area contributed by atoms with Crippen LogP contribution in [-0.2, 0) is 19.3 Å². The zero-order valence-corrected chi connectivity index (χ0v) is 15.8. The molecule has 6 nitrogen and oxygen atoms in total. The van der Waals surface area contributed by atoms with Gasteiger partial charge in [-0.2, -0.15) is 13.2 Å². The summed E-state index contributed by atoms with van der Waals surface area (Å²) in [4.78, 5) is 4.15. The number of nitrogens with one attached hydrogen (secondary N) is 1. The van der Waals surface area contributed by atoms with Crippen LogP contribution in [-0.4, -0.2) is 27.3 Å². The van der Waals surface area contributed by atoms with Gasteiger partial charge in [0.1, 0.15) is 5.75 Å². The molecule has 0 fully saturated rings. The maximum Gasteiger partial charge on any atom is 0.416 e. The molecule has 0 atom stereocenters. The van der Waals surface area contributed by atoms with Crippen molar-refractivity contribution in [3.63, 3.8) is 0 Å². The Labute approximate surface area is 161 Å². The van der Waals surface area contributed by atoms with E-state index in [0.717, 1.165) is 11.6 Å². The third kappa shape index (κ3) is 5.45. The molecule has 2 aromatic carbocycles. The Bertz CT molecular complexity index is 839. The normalized spacial score (nSPS) is 11.9. The summed E-state index contributed by atoms with van der Waals surface area (Å²) in [6, 6.07) is 9.04. The van der Waals surface area contributed by atoms with E-state index in [-0.39, 0.29) is 30.4 Å². The first kappa shape index (κ1) is 21.2. The lowest BCUT2D eigenvalue weighted by Gasteiger charge is -2.15. The highest BCUT2D eigenvalue weighted by molar-refractivity contribution is 5.77. The minimum Gasteiger partial charge on any atom is -0.497 e. The number of guanidine groups is 1. The van der Waals surface area contributed by atoms with Gasteiger partial charge in [0.15, 0.2) is 17.5 Å². The van der Waals surface area contributed by atoms with Gasteiger partial charge in [-0.1, -0.05) is 12.1 Å². The van der Waals surface area contributed by atoms with Crippen molar-refractivity contribution >= 4 is 5.96 Å². The van der Waals surface area contributed by atoms with Crippen LogP contribution < -0.4 is 25.3 Å². The van der Waals surface area contributed by atoms with E-state index in [1.807, 2.05) is 0 Å². The van der Waals surface area contributed by atoms with Crippen molar-refractivity contribution in [2.45, 2.75) is 19.3 Å². The molecule has 0 aliphatic rings. The van der Waals surface area contributed by atoms with Crippen LogP contribution >= 0.6 is 0 Å². The van der Waals surface area contributed by atoms with E-state index in [2.05, 4.69) is 10.3 Å². The van der Waals surface area contributed by atoms with Crippen LogP contribution in [0, 0.1) is 0 Å². The number of methoxy groups -OCH3 is 3. The lowest BCUT2D eigenvalue weighted by atomic mass is 10.1. The summed E-state index contributed by atoms with van der Waals surface area (Å²) >= 11 is 0. The van der Waals surface area contributed by atoms with Crippen molar-refractivity contribution in [1.29, 1.82) is 0 Å². The van der Waals surface area contributed by atoms with E-state index in [9.17, 15) is 13.2 Å². The molecule has 2 rings (SSSR count). The van der Waals surface area contributed by atoms with Crippen molar-refractivity contribution in [3.8, 4) is 17.2 Å². The van der Waals surface area contributed by atoms with Gasteiger partial charge in [0.2, 0.25) is 0 Å². The zero-order chi connectivity index (χ0) is 20.7. The van der Waals surface area contributed by atoms with Crippen molar-refractivity contribution in [2.24, 2.45) is 10.7 Å². The molecule has 0 amide bonds. The summed E-state index contributed by atoms with van der Waals surface area (Å²) in [5, 5.41) is 2.70. The highest BCUT2D eigenvalue weighted by atomic mass is 19.4. The largest absolute Gasteiger partial charge is 0.497 e. The summed E-state index contributed by atoms with van der Waals surface area (Å²) in [7, 11) is 4.37. The number of aliphatic imine (C=N–C) groups is 1. The molecule has 9 heteroatoms. The number of rotatable bonds is 7. The highest BCUT2D eigenvalue weighted by Gasteiger charge is 2.33. The average molecular weight is 397 g/mol. The molecule has 3 N–H and O–H groups in total. The molecular weight excluding hydrogens is 375 g/mol. The first-order valence-electron chi connectivity index (χ1n) is 8.27. The van der Waals surface area contributed by atoms with Crippen molar-refractivity contribution in [1.82, 2.24) is 5.32 Å². The molecular formula is C19H22F3N3O3. The molecule has 0 spiro atoms. The number of benzene rings is 2. The van der Waals surface area contributed by atoms with Gasteiger partial charge < -0.3 is 25.3 Å². The highest BCUT2D eigenvalue weighted by Crippen LogP contribution is 2.34. The van der Waals surface area contributed by atoms with Gasteiger partial charge in [-0.15, -0.1) is 0 Å². The van der Waals surface area contributed by atoms with Gasteiger partial charge in [0.05, 0.1) is 33.4 Å². The first-order chi connectivity index (χ1) is 13.3. The number of nitrogens with zero attached hydrogens (tertiary/aromatic N) is 1. The molecule has 0 aliphatic carbocycles. The van der Waals surface area contributed by atoms with Gasteiger partial charge in [0.25, 0.3) is 0 Å². The molecule has 0 heterocycles. The summed E-state index contributed by atoms with van der Waals surface area (Å²) in [5.41, 5.74) is 5.85. The predicted molar refractivity (Wildman–Crippen MR) is 99.7 cm³/mol. The SMILES string of the molecule is COc1ccc(CNC(N)=NCc2ccc(OC)c(OC)c2)c(C(F)(F)F)c1. The zero-order valence-electron chi connectivity index (χ0n) is 15.8. The van der Waals surface area contributed by atoms with Gasteiger partial charge in [-0.3, -0.25) is 0 Å². The number of hydrogen-bond acceptors (Lipinski definition) is 4. The van der Waals surface area contributed by atoms with Crippen LogP contribution in [0.5, 0.6) is 17.2 Å². The van der Waals surface area contributed by atoms with E-state index < -0.39 is 11.7 Å². The molecule has 152 valence electrons. The van der Waals surface area contributed by atoms with Gasteiger partial charge >= 0.3 is 6.18 Å². The topological polar surface area (TPSA) is 78.1 Å². The Kier molecular flexibility index (Phi) is 6.97. The standard InChI is InChI=1S/C19H22F3N3O3/c1-26-14-6-5-13(15(9-14)19(20,21)22)11-25-18(23)24-10-12-4-7-16(27-2)17(8-12)28-3/h4-9H,10-11H2,1-3H3,(H3,23,24,25). The lowest BCUT2D eigenvalue weighted by molar-refractivity contribution is -0.138. The summed E-state index contributed by atoms with van der Waals surface area (Å²) < 4.78 is 54.9. The molecule has 0 aliphatic heterocycles. The maximum absolute atomic E-state index is 13.2. The first-order valence-corrected chi connectivity index (χ1v) is 8.27. The van der Waals surface area contributed by atoms with Crippen LogP contribution in [0.1, 0.15) is 16.7 Å². The molecule has 0 unspecified atom stereocenters. The van der Waals surface area contributed by atoms with E-state index >= 15 is 0 Å². The van der Waals surface area contributed by atoms with E-state index in [4.69, 9.17) is 19.9 Å². The fraction of sp³-hybridized carbons (Fsp3) is 0.316. The van der Waals surface area contributed by atoms with Gasteiger partial charge in [0, 0.05) is 6.54 Å². The minimum absolute atomic E-state index is 0.0266. The molecule has 2 aromatic rings. The Morgan fingerprint density at radius 1 is 1.00 bits per heavy atom. The Morgan fingerprint density at radius 3 is 2.32 bits per heavy atom. The fourth-order valence-corrected chi connectivity index (χ4v) is 2.50. The Morgan fingerprint density at radius 2 is 1.71 bits per heavy atom. The van der Waals surface area contributed by atoms with E-state index in [1.54, 1.807) is 18.2 Å². The average Bonchev–Trinajstić information content (AvgIpc) is 2.69. The maximum atomic E-state index is 13.2. The molecule has 0 aromatic heterocycles. The van der Waals surface area contributed by atoms with Crippen molar-refractivity contribution in [3.05, 3.63) is 53.1 Å². The number of halogens is 3. The van der Waals surface area contributed by atoms with Crippen LogP contribution in [0.2, 0.25) is 0 Å². The predicted octanol–water partition coefficient (Wildman–Crippen LogP) is 3.34.